The molecule has 250 valence electrons. The molecule has 2 fully saturated rings. The monoisotopic (exact) mass is 643 g/mol. The fourth-order valence-corrected chi connectivity index (χ4v) is 5.58. The molecular weight excluding hydrogens is 600 g/mol. The minimum Gasteiger partial charge on any atom is -0.705 e. The van der Waals surface area contributed by atoms with Crippen molar-refractivity contribution in [3.05, 3.63) is 95.1 Å². The first-order valence-electron chi connectivity index (χ1n) is 15.7. The summed E-state index contributed by atoms with van der Waals surface area (Å²) in [6.45, 7) is 8.18. The van der Waals surface area contributed by atoms with Crippen LogP contribution >= 0.6 is 0 Å². The molecule has 5 N–H and O–H groups in total. The Labute approximate surface area is 274 Å². The number of hydrazone groups is 1. The van der Waals surface area contributed by atoms with Crippen molar-refractivity contribution < 1.29 is 14.2 Å². The van der Waals surface area contributed by atoms with Crippen LogP contribution in [0.1, 0.15) is 26.3 Å². The molecule has 5 rings (SSSR count). The normalized spacial score (nSPS) is 21.1. The van der Waals surface area contributed by atoms with Crippen LogP contribution in [-0.4, -0.2) is 84.6 Å². The number of aromatic nitrogens is 3. The highest BCUT2D eigenvalue weighted by atomic mass is 16.8. The molecule has 0 aliphatic carbocycles. The van der Waals surface area contributed by atoms with Crippen molar-refractivity contribution in [3.63, 3.8) is 0 Å². The molecule has 0 spiro atoms. The average Bonchev–Trinajstić information content (AvgIpc) is 3.72. The largest absolute Gasteiger partial charge is 0.705 e. The van der Waals surface area contributed by atoms with Crippen molar-refractivity contribution in [3.8, 4) is 11.4 Å². The maximum absolute atomic E-state index is 12.8. The average molecular weight is 644 g/mol. The van der Waals surface area contributed by atoms with Crippen LogP contribution in [0.15, 0.2) is 88.8 Å². The predicted octanol–water partition coefficient (Wildman–Crippen LogP) is 3.46. The van der Waals surface area contributed by atoms with Crippen LogP contribution in [-0.2, 0) is 9.47 Å². The lowest BCUT2D eigenvalue weighted by Crippen LogP contribution is -2.46. The van der Waals surface area contributed by atoms with E-state index in [-0.39, 0.29) is 37.6 Å². The van der Waals surface area contributed by atoms with Crippen LogP contribution in [0, 0.1) is 5.41 Å². The molecule has 3 aromatic rings. The van der Waals surface area contributed by atoms with E-state index in [0.29, 0.717) is 11.3 Å². The Morgan fingerprint density at radius 1 is 1.15 bits per heavy atom. The number of nitrogens with two attached hydrogens (primary N) is 1. The first-order valence-corrected chi connectivity index (χ1v) is 15.7. The Kier molecular flexibility index (Phi) is 11.0. The Balaban J connectivity index is 1.12. The molecule has 1 unspecified atom stereocenters. The highest BCUT2D eigenvalue weighted by molar-refractivity contribution is 6.14. The maximum Gasteiger partial charge on any atom is 0.350 e. The van der Waals surface area contributed by atoms with Crippen LogP contribution in [0.5, 0.6) is 5.75 Å². The second-order valence-corrected chi connectivity index (χ2v) is 11.3. The van der Waals surface area contributed by atoms with Gasteiger partial charge < -0.3 is 46.3 Å². The molecule has 2 aliphatic rings. The fraction of sp³-hybridized carbons (Fsp3) is 0.394. The quantitative estimate of drug-likeness (QED) is 0.135. The van der Waals surface area contributed by atoms with Gasteiger partial charge in [0.15, 0.2) is 0 Å². The van der Waals surface area contributed by atoms with Gasteiger partial charge in [-0.1, -0.05) is 6.92 Å². The first kappa shape index (κ1) is 33.3. The smallest absolute Gasteiger partial charge is 0.350 e. The van der Waals surface area contributed by atoms with Gasteiger partial charge in [-0.3, -0.25) is 0 Å². The zero-order chi connectivity index (χ0) is 33.2. The molecule has 2 aromatic carbocycles. The molecule has 47 heavy (non-hydrogen) atoms. The van der Waals surface area contributed by atoms with Gasteiger partial charge in [0.2, 0.25) is 5.79 Å². The number of hydrogen-bond acceptors (Lipinski definition) is 11. The van der Waals surface area contributed by atoms with Gasteiger partial charge in [0.1, 0.15) is 24.8 Å². The topological polar surface area (TPSA) is 172 Å². The molecular formula is C33H43N10O4-. The lowest BCUT2D eigenvalue weighted by molar-refractivity contribution is -0.135. The van der Waals surface area contributed by atoms with E-state index < -0.39 is 5.79 Å². The number of nitrogens with zero attached hydrogens (tertiary/aromatic N) is 6. The zero-order valence-electron chi connectivity index (χ0n) is 26.8. The number of piperazine rings is 1. The number of hydrogen-bond donors (Lipinski definition) is 3. The van der Waals surface area contributed by atoms with Crippen molar-refractivity contribution in [1.29, 1.82) is 5.41 Å². The van der Waals surface area contributed by atoms with Crippen molar-refractivity contribution in [2.45, 2.75) is 38.2 Å². The molecule has 0 bridgehead atoms. The molecule has 0 saturated carbocycles. The number of benzene rings is 2. The minimum atomic E-state index is -1.25. The van der Waals surface area contributed by atoms with Gasteiger partial charge in [-0.15, -0.1) is 0 Å². The highest BCUT2D eigenvalue weighted by Crippen LogP contribution is 2.32. The van der Waals surface area contributed by atoms with E-state index in [4.69, 9.17) is 31.1 Å². The molecule has 0 radical (unpaired) electrons. The van der Waals surface area contributed by atoms with Gasteiger partial charge >= 0.3 is 5.69 Å². The summed E-state index contributed by atoms with van der Waals surface area (Å²) in [5.74, 6) is -0.537. The van der Waals surface area contributed by atoms with Gasteiger partial charge in [0.05, 0.1) is 31.1 Å². The van der Waals surface area contributed by atoms with Crippen LogP contribution in [0.4, 0.5) is 11.4 Å². The zero-order valence-corrected chi connectivity index (χ0v) is 26.8. The van der Waals surface area contributed by atoms with Crippen LogP contribution in [0.2, 0.25) is 0 Å². The van der Waals surface area contributed by atoms with Gasteiger partial charge in [-0.05, 0) is 79.7 Å². The summed E-state index contributed by atoms with van der Waals surface area (Å²) in [5.41, 5.74) is 19.6. The lowest BCUT2D eigenvalue weighted by Gasteiger charge is -2.37. The summed E-state index contributed by atoms with van der Waals surface area (Å²) in [4.78, 5) is 17.5. The summed E-state index contributed by atoms with van der Waals surface area (Å²) in [6, 6.07) is 16.2. The van der Waals surface area contributed by atoms with Crippen molar-refractivity contribution in [2.24, 2.45) is 10.8 Å². The molecule has 2 saturated heterocycles. The van der Waals surface area contributed by atoms with Gasteiger partial charge in [0, 0.05) is 43.8 Å². The molecule has 0 amide bonds. The van der Waals surface area contributed by atoms with Crippen LogP contribution < -0.4 is 31.4 Å². The second kappa shape index (κ2) is 15.5. The van der Waals surface area contributed by atoms with Crippen molar-refractivity contribution in [2.75, 3.05) is 55.7 Å². The number of nitrogens with one attached hydrogen (secondary N) is 3. The predicted molar refractivity (Wildman–Crippen MR) is 184 cm³/mol. The summed E-state index contributed by atoms with van der Waals surface area (Å²) < 4.78 is 21.4. The van der Waals surface area contributed by atoms with E-state index >= 15 is 0 Å². The van der Waals surface area contributed by atoms with E-state index in [1.165, 1.54) is 17.1 Å². The third kappa shape index (κ3) is 7.67. The summed E-state index contributed by atoms with van der Waals surface area (Å²) >= 11 is 0. The Bertz CT molecular complexity index is 1610. The van der Waals surface area contributed by atoms with Crippen molar-refractivity contribution >= 4 is 23.8 Å². The second-order valence-electron chi connectivity index (χ2n) is 11.3. The van der Waals surface area contributed by atoms with E-state index in [9.17, 15) is 4.79 Å². The van der Waals surface area contributed by atoms with Gasteiger partial charge in [0.25, 0.3) is 0 Å². The summed E-state index contributed by atoms with van der Waals surface area (Å²) in [6.07, 6.45) is 8.43. The van der Waals surface area contributed by atoms with Crippen LogP contribution in [0.25, 0.3) is 11.4 Å². The van der Waals surface area contributed by atoms with E-state index in [1.54, 1.807) is 17.0 Å². The molecule has 14 heteroatoms. The molecule has 3 heterocycles. The Hall–Kier alpha value is -5.08. The highest BCUT2D eigenvalue weighted by Gasteiger charge is 2.43. The van der Waals surface area contributed by atoms with E-state index in [2.05, 4.69) is 49.7 Å². The first-order chi connectivity index (χ1) is 22.9. The number of ether oxygens (including phenoxy) is 3. The SMILES string of the molecule is CCC(C)n1ncn(-c2ccc(N3CCN(c4ccc(OC[C@@H]5CO[C@@](CN/N=C\C=N)(C(/C=C\N)=C/[NH-])O5)cc4)CC3)cc2)c1=O. The lowest BCUT2D eigenvalue weighted by atomic mass is 10.1. The standard InChI is InChI=1S/C33H43N10O4/c1-3-25(2)43-32(44)42(24-39-43)29-6-4-27(5-7-29)40-16-18-41(19-17-40)28-8-10-30(11-9-28)45-21-31-22-46-33(47-31,23-38-37-15-14-35)26(20-36)12-13-34/h4-15,20,24-25,31H,3,16-19,21-23H2,1-2H3,(H5-,34,35,36,37,38)/q-1/t25?,31-,33-/m1/s1. The number of rotatable bonds is 14. The van der Waals surface area contributed by atoms with Gasteiger partial charge in [-0.2, -0.15) is 16.4 Å². The van der Waals surface area contributed by atoms with E-state index in [1.807, 2.05) is 38.1 Å². The summed E-state index contributed by atoms with van der Waals surface area (Å²) in [5, 5.41) is 15.3. The maximum atomic E-state index is 12.8. The Morgan fingerprint density at radius 2 is 1.79 bits per heavy atom. The molecule has 2 aliphatic heterocycles. The van der Waals surface area contributed by atoms with Gasteiger partial charge in [-0.25, -0.2) is 14.0 Å². The Morgan fingerprint density at radius 3 is 2.38 bits per heavy atom. The molecule has 3 atom stereocenters. The number of anilines is 2. The third-order valence-electron chi connectivity index (χ3n) is 8.40. The third-order valence-corrected chi connectivity index (χ3v) is 8.40. The van der Waals surface area contributed by atoms with E-state index in [0.717, 1.165) is 62.1 Å². The van der Waals surface area contributed by atoms with Crippen molar-refractivity contribution in [1.82, 2.24) is 19.8 Å². The van der Waals surface area contributed by atoms with Crippen LogP contribution in [0.3, 0.4) is 0 Å². The molecule has 14 nitrogen and oxygen atoms in total. The minimum absolute atomic E-state index is 0.0607. The molecule has 1 aromatic heterocycles. The summed E-state index contributed by atoms with van der Waals surface area (Å²) in [7, 11) is 0. The fourth-order valence-electron chi connectivity index (χ4n) is 5.58.